The Labute approximate surface area is 114 Å². The van der Waals surface area contributed by atoms with Crippen LogP contribution in [0.4, 0.5) is 0 Å². The SMILES string of the molecule is CCC(CC)C(O)CNC(=O)CC1CSCCN1. The van der Waals surface area contributed by atoms with Gasteiger partial charge in [0, 0.05) is 37.1 Å². The van der Waals surface area contributed by atoms with Crippen LogP contribution in [0.25, 0.3) is 0 Å². The fourth-order valence-electron chi connectivity index (χ4n) is 2.26. The number of nitrogens with one attached hydrogen (secondary N) is 2. The van der Waals surface area contributed by atoms with Crippen LogP contribution in [0.5, 0.6) is 0 Å². The quantitative estimate of drug-likeness (QED) is 0.648. The van der Waals surface area contributed by atoms with Crippen molar-refractivity contribution in [3.05, 3.63) is 0 Å². The largest absolute Gasteiger partial charge is 0.391 e. The van der Waals surface area contributed by atoms with E-state index in [1.165, 1.54) is 0 Å². The van der Waals surface area contributed by atoms with E-state index < -0.39 is 6.10 Å². The van der Waals surface area contributed by atoms with Gasteiger partial charge in [-0.1, -0.05) is 26.7 Å². The second-order valence-electron chi connectivity index (χ2n) is 4.88. The first-order valence-corrected chi connectivity index (χ1v) is 8.08. The molecule has 0 aromatic heterocycles. The third-order valence-corrected chi connectivity index (χ3v) is 4.66. The van der Waals surface area contributed by atoms with Crippen molar-refractivity contribution in [1.82, 2.24) is 10.6 Å². The van der Waals surface area contributed by atoms with Crippen LogP contribution < -0.4 is 10.6 Å². The van der Waals surface area contributed by atoms with Crippen LogP contribution in [-0.4, -0.2) is 47.8 Å². The molecule has 2 atom stereocenters. The summed E-state index contributed by atoms with van der Waals surface area (Å²) in [6.45, 7) is 5.51. The summed E-state index contributed by atoms with van der Waals surface area (Å²) in [6.07, 6.45) is 2.00. The second kappa shape index (κ2) is 8.77. The number of aliphatic hydroxyl groups excluding tert-OH is 1. The number of carbonyl (C=O) groups is 1. The Bertz CT molecular complexity index is 241. The first-order valence-electron chi connectivity index (χ1n) is 6.93. The van der Waals surface area contributed by atoms with Crippen LogP contribution in [-0.2, 0) is 4.79 Å². The van der Waals surface area contributed by atoms with Crippen LogP contribution in [0.1, 0.15) is 33.1 Å². The highest BCUT2D eigenvalue weighted by atomic mass is 32.2. The average molecular weight is 274 g/mol. The molecule has 1 rings (SSSR count). The van der Waals surface area contributed by atoms with Gasteiger partial charge >= 0.3 is 0 Å². The Morgan fingerprint density at radius 2 is 2.22 bits per heavy atom. The number of hydrogen-bond donors (Lipinski definition) is 3. The van der Waals surface area contributed by atoms with Crippen molar-refractivity contribution in [3.8, 4) is 0 Å². The molecule has 0 spiro atoms. The fourth-order valence-corrected chi connectivity index (χ4v) is 3.21. The smallest absolute Gasteiger partial charge is 0.221 e. The number of amides is 1. The molecule has 1 aliphatic rings. The van der Waals surface area contributed by atoms with Gasteiger partial charge in [0.25, 0.3) is 0 Å². The maximum atomic E-state index is 11.7. The van der Waals surface area contributed by atoms with Crippen LogP contribution in [0, 0.1) is 5.92 Å². The van der Waals surface area contributed by atoms with Crippen molar-refractivity contribution >= 4 is 17.7 Å². The van der Waals surface area contributed by atoms with Gasteiger partial charge in [-0.15, -0.1) is 0 Å². The zero-order chi connectivity index (χ0) is 13.4. The summed E-state index contributed by atoms with van der Waals surface area (Å²) in [5.74, 6) is 2.46. The molecule has 0 aromatic carbocycles. The Morgan fingerprint density at radius 1 is 1.50 bits per heavy atom. The Morgan fingerprint density at radius 3 is 2.78 bits per heavy atom. The first kappa shape index (κ1) is 15.8. The highest BCUT2D eigenvalue weighted by Crippen LogP contribution is 2.13. The van der Waals surface area contributed by atoms with Gasteiger partial charge in [0.15, 0.2) is 0 Å². The topological polar surface area (TPSA) is 61.4 Å². The summed E-state index contributed by atoms with van der Waals surface area (Å²) in [5.41, 5.74) is 0. The minimum Gasteiger partial charge on any atom is -0.391 e. The van der Waals surface area contributed by atoms with Gasteiger partial charge in [-0.25, -0.2) is 0 Å². The summed E-state index contributed by atoms with van der Waals surface area (Å²) in [4.78, 5) is 11.7. The van der Waals surface area contributed by atoms with E-state index >= 15 is 0 Å². The lowest BCUT2D eigenvalue weighted by molar-refractivity contribution is -0.122. The van der Waals surface area contributed by atoms with Gasteiger partial charge in [-0.05, 0) is 5.92 Å². The maximum absolute atomic E-state index is 11.7. The molecule has 5 heteroatoms. The number of hydrogen-bond acceptors (Lipinski definition) is 4. The Hall–Kier alpha value is -0.260. The molecule has 0 saturated carbocycles. The van der Waals surface area contributed by atoms with Crippen LogP contribution in [0.2, 0.25) is 0 Å². The van der Waals surface area contributed by atoms with Gasteiger partial charge < -0.3 is 15.7 Å². The maximum Gasteiger partial charge on any atom is 0.221 e. The molecule has 0 aliphatic carbocycles. The highest BCUT2D eigenvalue weighted by Gasteiger charge is 2.19. The van der Waals surface area contributed by atoms with E-state index in [4.69, 9.17) is 0 Å². The van der Waals surface area contributed by atoms with Gasteiger partial charge in [0.2, 0.25) is 5.91 Å². The number of carbonyl (C=O) groups excluding carboxylic acids is 1. The Balaban J connectivity index is 2.19. The monoisotopic (exact) mass is 274 g/mol. The van der Waals surface area contributed by atoms with Gasteiger partial charge in [0.1, 0.15) is 0 Å². The molecule has 1 heterocycles. The zero-order valence-corrected chi connectivity index (χ0v) is 12.3. The average Bonchev–Trinajstić information content (AvgIpc) is 2.39. The van der Waals surface area contributed by atoms with E-state index in [1.807, 2.05) is 11.8 Å². The first-order chi connectivity index (χ1) is 8.67. The summed E-state index contributed by atoms with van der Waals surface area (Å²) in [5, 5.41) is 16.1. The molecule has 1 aliphatic heterocycles. The molecule has 18 heavy (non-hydrogen) atoms. The van der Waals surface area contributed by atoms with Crippen molar-refractivity contribution in [2.75, 3.05) is 24.6 Å². The van der Waals surface area contributed by atoms with Gasteiger partial charge in [-0.2, -0.15) is 11.8 Å². The number of rotatable bonds is 7. The van der Waals surface area contributed by atoms with E-state index in [1.54, 1.807) is 0 Å². The fraction of sp³-hybridized carbons (Fsp3) is 0.923. The van der Waals surface area contributed by atoms with Crippen LogP contribution in [0.3, 0.4) is 0 Å². The van der Waals surface area contributed by atoms with E-state index in [0.717, 1.165) is 30.9 Å². The van der Waals surface area contributed by atoms with Crippen LogP contribution in [0.15, 0.2) is 0 Å². The van der Waals surface area contributed by atoms with Gasteiger partial charge in [-0.3, -0.25) is 4.79 Å². The van der Waals surface area contributed by atoms with Crippen LogP contribution >= 0.6 is 11.8 Å². The van der Waals surface area contributed by atoms with Crippen molar-refractivity contribution in [2.24, 2.45) is 5.92 Å². The van der Waals surface area contributed by atoms with E-state index in [0.29, 0.717) is 13.0 Å². The second-order valence-corrected chi connectivity index (χ2v) is 6.03. The Kier molecular flexibility index (Phi) is 7.70. The molecule has 106 valence electrons. The van der Waals surface area contributed by atoms with Crippen molar-refractivity contribution in [1.29, 1.82) is 0 Å². The van der Waals surface area contributed by atoms with Gasteiger partial charge in [0.05, 0.1) is 6.10 Å². The predicted octanol–water partition coefficient (Wildman–Crippen LogP) is 0.995. The lowest BCUT2D eigenvalue weighted by Gasteiger charge is -2.24. The highest BCUT2D eigenvalue weighted by molar-refractivity contribution is 7.99. The van der Waals surface area contributed by atoms with Crippen molar-refractivity contribution < 1.29 is 9.90 Å². The van der Waals surface area contributed by atoms with Crippen molar-refractivity contribution in [2.45, 2.75) is 45.3 Å². The molecule has 3 N–H and O–H groups in total. The van der Waals surface area contributed by atoms with Crippen molar-refractivity contribution in [3.63, 3.8) is 0 Å². The third-order valence-electron chi connectivity index (χ3n) is 3.53. The van der Waals surface area contributed by atoms with E-state index in [2.05, 4.69) is 24.5 Å². The zero-order valence-electron chi connectivity index (χ0n) is 11.4. The molecule has 1 amide bonds. The molecule has 0 aromatic rings. The molecular weight excluding hydrogens is 248 g/mol. The summed E-state index contributed by atoms with van der Waals surface area (Å²) in [6, 6.07) is 0.286. The minimum absolute atomic E-state index is 0.0417. The predicted molar refractivity (Wildman–Crippen MR) is 76.8 cm³/mol. The number of thioether (sulfide) groups is 1. The summed E-state index contributed by atoms with van der Waals surface area (Å²) >= 11 is 1.89. The molecule has 4 nitrogen and oxygen atoms in total. The molecule has 2 unspecified atom stereocenters. The summed E-state index contributed by atoms with van der Waals surface area (Å²) in [7, 11) is 0. The lowest BCUT2D eigenvalue weighted by Crippen LogP contribution is -2.43. The molecular formula is C13H26N2O2S. The minimum atomic E-state index is -0.419. The third kappa shape index (κ3) is 5.59. The molecule has 1 saturated heterocycles. The number of aliphatic hydroxyl groups is 1. The lowest BCUT2D eigenvalue weighted by atomic mass is 9.96. The molecule has 1 fully saturated rings. The summed E-state index contributed by atoms with van der Waals surface area (Å²) < 4.78 is 0. The molecule has 0 bridgehead atoms. The van der Waals surface area contributed by atoms with E-state index in [-0.39, 0.29) is 17.9 Å². The van der Waals surface area contributed by atoms with E-state index in [9.17, 15) is 9.90 Å². The standard InChI is InChI=1S/C13H26N2O2S/c1-3-10(4-2)12(16)8-15-13(17)7-11-9-18-6-5-14-11/h10-12,14,16H,3-9H2,1-2H3,(H,15,17). The molecule has 0 radical (unpaired) electrons. The normalized spacial score (nSPS) is 21.9.